The lowest BCUT2D eigenvalue weighted by Crippen LogP contribution is -2.47. The predicted molar refractivity (Wildman–Crippen MR) is 178 cm³/mol. The Balaban J connectivity index is 1.12. The highest BCUT2D eigenvalue weighted by Gasteiger charge is 2.28. The molecule has 0 saturated carbocycles. The number of halogens is 1. The molecule has 2 aromatic heterocycles. The van der Waals surface area contributed by atoms with Crippen LogP contribution in [-0.2, 0) is 24.3 Å². The maximum atomic E-state index is 13.5. The molecule has 45 heavy (non-hydrogen) atoms. The number of para-hydroxylation sites is 1. The number of nitrogens with zero attached hydrogens (tertiary/aromatic N) is 3. The van der Waals surface area contributed by atoms with E-state index in [0.717, 1.165) is 38.2 Å². The first-order valence-electron chi connectivity index (χ1n) is 14.7. The van der Waals surface area contributed by atoms with Gasteiger partial charge in [0.25, 0.3) is 5.91 Å². The normalized spacial score (nSPS) is 14.7. The van der Waals surface area contributed by atoms with E-state index >= 15 is 0 Å². The summed E-state index contributed by atoms with van der Waals surface area (Å²) < 4.78 is 9.15. The fourth-order valence-corrected chi connectivity index (χ4v) is 6.38. The van der Waals surface area contributed by atoms with E-state index in [-0.39, 0.29) is 17.9 Å². The van der Waals surface area contributed by atoms with Crippen LogP contribution in [0.4, 0.5) is 0 Å². The van der Waals surface area contributed by atoms with Crippen LogP contribution < -0.4 is 20.7 Å². The largest absolute Gasteiger partial charge is 0.492 e. The quantitative estimate of drug-likeness (QED) is 0.169. The number of aromatic nitrogens is 3. The summed E-state index contributed by atoms with van der Waals surface area (Å²) in [6, 6.07) is 21.1. The molecule has 2 amide bonds. The van der Waals surface area contributed by atoms with Crippen LogP contribution in [0.3, 0.4) is 0 Å². The number of amides is 2. The van der Waals surface area contributed by atoms with Gasteiger partial charge in [0.2, 0.25) is 5.91 Å². The van der Waals surface area contributed by atoms with Gasteiger partial charge >= 0.3 is 0 Å². The minimum absolute atomic E-state index is 0.0129. The summed E-state index contributed by atoms with van der Waals surface area (Å²) in [5, 5.41) is 9.26. The van der Waals surface area contributed by atoms with Gasteiger partial charge in [0, 0.05) is 61.5 Å². The van der Waals surface area contributed by atoms with E-state index in [9.17, 15) is 9.59 Å². The Kier molecular flexibility index (Phi) is 9.68. The third-order valence-electron chi connectivity index (χ3n) is 7.89. The van der Waals surface area contributed by atoms with Gasteiger partial charge in [0.05, 0.1) is 34.6 Å². The molecule has 1 aliphatic rings. The van der Waals surface area contributed by atoms with Gasteiger partial charge in [-0.2, -0.15) is 0 Å². The molecule has 1 aliphatic heterocycles. The SMILES string of the molecule is CNC(=O)[C@H](Cc1ccc(Br)cc1)NC(=O)c1cccc2c1OCC[C@@H]2NCc1cncn1Cc1ccc(-c2cncs2)cc1. The molecule has 0 spiro atoms. The second-order valence-corrected chi connectivity index (χ2v) is 12.6. The van der Waals surface area contributed by atoms with Gasteiger partial charge in [-0.15, -0.1) is 11.3 Å². The van der Waals surface area contributed by atoms with Gasteiger partial charge < -0.3 is 25.3 Å². The predicted octanol–water partition coefficient (Wildman–Crippen LogP) is 5.52. The van der Waals surface area contributed by atoms with Crippen molar-refractivity contribution in [1.29, 1.82) is 0 Å². The van der Waals surface area contributed by atoms with E-state index in [1.54, 1.807) is 24.5 Å². The maximum absolute atomic E-state index is 13.5. The number of carbonyl (C=O) groups excluding carboxylic acids is 2. The average molecular weight is 686 g/mol. The zero-order valence-electron chi connectivity index (χ0n) is 24.7. The van der Waals surface area contributed by atoms with Crippen LogP contribution in [0.2, 0.25) is 0 Å². The molecule has 230 valence electrons. The molecule has 0 bridgehead atoms. The van der Waals surface area contributed by atoms with Crippen LogP contribution in [0.15, 0.2) is 95.4 Å². The minimum Gasteiger partial charge on any atom is -0.492 e. The molecule has 9 nitrogen and oxygen atoms in total. The molecule has 0 aliphatic carbocycles. The lowest BCUT2D eigenvalue weighted by molar-refractivity contribution is -0.122. The third kappa shape index (κ3) is 7.33. The molecule has 0 radical (unpaired) electrons. The standard InChI is InChI=1S/C34H33BrN6O3S/c1-36-34(43)30(15-22-7-11-25(35)12-8-22)40-33(42)28-4-2-3-27-29(13-14-44-32(27)28)39-17-26-16-37-20-41(26)19-23-5-9-24(10-6-23)31-18-38-21-45-31/h2-12,16,18,20-21,29-30,39H,13-15,17,19H2,1H3,(H,36,43)(H,40,42)/t29-,30-/m0/s1. The number of hydrogen-bond donors (Lipinski definition) is 3. The topological polar surface area (TPSA) is 110 Å². The molecule has 11 heteroatoms. The number of rotatable bonds is 11. The van der Waals surface area contributed by atoms with E-state index in [1.807, 2.05) is 60.6 Å². The molecule has 3 aromatic carbocycles. The van der Waals surface area contributed by atoms with E-state index in [4.69, 9.17) is 4.74 Å². The Labute approximate surface area is 274 Å². The molecule has 3 N–H and O–H groups in total. The van der Waals surface area contributed by atoms with Gasteiger partial charge in [0.15, 0.2) is 0 Å². The molecule has 0 unspecified atom stereocenters. The van der Waals surface area contributed by atoms with Crippen LogP contribution in [0.25, 0.3) is 10.4 Å². The first-order valence-corrected chi connectivity index (χ1v) is 16.4. The highest BCUT2D eigenvalue weighted by molar-refractivity contribution is 9.10. The van der Waals surface area contributed by atoms with E-state index in [0.29, 0.717) is 37.4 Å². The van der Waals surface area contributed by atoms with Crippen molar-refractivity contribution in [2.75, 3.05) is 13.7 Å². The van der Waals surface area contributed by atoms with E-state index in [1.165, 1.54) is 5.56 Å². The second kappa shape index (κ2) is 14.2. The van der Waals surface area contributed by atoms with Crippen molar-refractivity contribution < 1.29 is 14.3 Å². The molecule has 0 saturated heterocycles. The number of imidazole rings is 1. The summed E-state index contributed by atoms with van der Waals surface area (Å²) in [6.45, 7) is 1.78. The Bertz CT molecular complexity index is 1760. The maximum Gasteiger partial charge on any atom is 0.255 e. The summed E-state index contributed by atoms with van der Waals surface area (Å²) in [5.41, 5.74) is 7.52. The number of benzene rings is 3. The lowest BCUT2D eigenvalue weighted by atomic mass is 9.96. The highest BCUT2D eigenvalue weighted by Crippen LogP contribution is 2.35. The van der Waals surface area contributed by atoms with Crippen LogP contribution in [0.1, 0.15) is 45.2 Å². The first-order chi connectivity index (χ1) is 22.0. The number of carbonyl (C=O) groups is 2. The number of hydrogen-bond acceptors (Lipinski definition) is 7. The van der Waals surface area contributed by atoms with Gasteiger partial charge in [-0.3, -0.25) is 14.6 Å². The summed E-state index contributed by atoms with van der Waals surface area (Å²) >= 11 is 5.07. The molecule has 2 atom stereocenters. The van der Waals surface area contributed by atoms with Crippen molar-refractivity contribution in [3.8, 4) is 16.2 Å². The Morgan fingerprint density at radius 2 is 1.84 bits per heavy atom. The van der Waals surface area contributed by atoms with Gasteiger partial charge in [-0.25, -0.2) is 4.98 Å². The zero-order valence-corrected chi connectivity index (χ0v) is 27.1. The number of likely N-dealkylation sites (N-methyl/N-ethyl adjacent to an activating group) is 1. The smallest absolute Gasteiger partial charge is 0.255 e. The van der Waals surface area contributed by atoms with E-state index < -0.39 is 6.04 Å². The summed E-state index contributed by atoms with van der Waals surface area (Å²) in [5.74, 6) is -0.0610. The molecular weight excluding hydrogens is 652 g/mol. The fraction of sp³-hybridized carbons (Fsp3) is 0.235. The summed E-state index contributed by atoms with van der Waals surface area (Å²) in [4.78, 5) is 36.0. The average Bonchev–Trinajstić information content (AvgIpc) is 3.77. The summed E-state index contributed by atoms with van der Waals surface area (Å²) in [6.07, 6.45) is 6.74. The van der Waals surface area contributed by atoms with Gasteiger partial charge in [0.1, 0.15) is 11.8 Å². The monoisotopic (exact) mass is 684 g/mol. The van der Waals surface area contributed by atoms with Crippen LogP contribution in [0.5, 0.6) is 5.75 Å². The van der Waals surface area contributed by atoms with Gasteiger partial charge in [-0.1, -0.05) is 64.5 Å². The molecule has 6 rings (SSSR count). The molecule has 5 aromatic rings. The fourth-order valence-electron chi connectivity index (χ4n) is 5.49. The van der Waals surface area contributed by atoms with Crippen molar-refractivity contribution in [1.82, 2.24) is 30.5 Å². The van der Waals surface area contributed by atoms with Gasteiger partial charge in [-0.05, 0) is 34.9 Å². The molecule has 0 fully saturated rings. The molecular formula is C34H33BrN6O3S. The Morgan fingerprint density at radius 3 is 2.60 bits per heavy atom. The van der Waals surface area contributed by atoms with Crippen molar-refractivity contribution in [3.05, 3.63) is 123 Å². The minimum atomic E-state index is -0.735. The van der Waals surface area contributed by atoms with E-state index in [2.05, 4.69) is 70.7 Å². The van der Waals surface area contributed by atoms with Crippen molar-refractivity contribution >= 4 is 39.1 Å². The zero-order chi connectivity index (χ0) is 31.2. The van der Waals surface area contributed by atoms with Crippen LogP contribution in [-0.4, -0.2) is 46.0 Å². The Morgan fingerprint density at radius 1 is 1.04 bits per heavy atom. The second-order valence-electron chi connectivity index (χ2n) is 10.8. The first kappa shape index (κ1) is 30.7. The number of fused-ring (bicyclic) bond motifs is 1. The third-order valence-corrected chi connectivity index (χ3v) is 9.24. The van der Waals surface area contributed by atoms with Crippen molar-refractivity contribution in [2.45, 2.75) is 38.0 Å². The van der Waals surface area contributed by atoms with Crippen LogP contribution >= 0.6 is 27.3 Å². The highest BCUT2D eigenvalue weighted by atomic mass is 79.9. The Hall–Kier alpha value is -4.32. The van der Waals surface area contributed by atoms with Crippen molar-refractivity contribution in [2.24, 2.45) is 0 Å². The van der Waals surface area contributed by atoms with Crippen LogP contribution in [0, 0.1) is 0 Å². The molecule has 3 heterocycles. The number of thiazole rings is 1. The lowest BCUT2D eigenvalue weighted by Gasteiger charge is -2.28. The number of nitrogens with one attached hydrogen (secondary N) is 3. The number of ether oxygens (including phenoxy) is 1. The van der Waals surface area contributed by atoms with Crippen molar-refractivity contribution in [3.63, 3.8) is 0 Å². The summed E-state index contributed by atoms with van der Waals surface area (Å²) in [7, 11) is 1.57.